The number of nitrogens with one attached hydrogen (secondary N) is 1. The lowest BCUT2D eigenvalue weighted by Crippen LogP contribution is -2.24. The van der Waals surface area contributed by atoms with Gasteiger partial charge in [0.15, 0.2) is 4.47 Å². The molecule has 198 valence electrons. The first-order valence-corrected chi connectivity index (χ1v) is 14.9. The number of halogens is 1. The Hall–Kier alpha value is -2.04. The number of nitrogens with zero attached hydrogens (tertiary/aromatic N) is 3. The second-order valence-corrected chi connectivity index (χ2v) is 13.0. The number of carbonyl (C=O) groups excluding carboxylic acids is 1. The van der Waals surface area contributed by atoms with Crippen LogP contribution in [0.3, 0.4) is 0 Å². The van der Waals surface area contributed by atoms with Crippen LogP contribution in [0.2, 0.25) is 4.47 Å². The van der Waals surface area contributed by atoms with Gasteiger partial charge in [-0.2, -0.15) is 8.42 Å². The van der Waals surface area contributed by atoms with Crippen LogP contribution in [0.1, 0.15) is 55.2 Å². The minimum absolute atomic E-state index is 0.221. The monoisotopic (exact) mass is 585 g/mol. The lowest BCUT2D eigenvalue weighted by Gasteiger charge is -2.22. The first kappa shape index (κ1) is 26.6. The summed E-state index contributed by atoms with van der Waals surface area (Å²) in [5.41, 5.74) is 2.12. The van der Waals surface area contributed by atoms with Crippen molar-refractivity contribution in [2.45, 2.75) is 44.4 Å². The van der Waals surface area contributed by atoms with Crippen LogP contribution in [-0.4, -0.2) is 59.6 Å². The second kappa shape index (κ2) is 10.6. The van der Waals surface area contributed by atoms with Crippen molar-refractivity contribution in [3.8, 4) is 0 Å². The number of ketones is 1. The molecule has 37 heavy (non-hydrogen) atoms. The highest BCUT2D eigenvalue weighted by atomic mass is 35.5. The minimum atomic E-state index is -4.10. The highest BCUT2D eigenvalue weighted by Gasteiger charge is 2.35. The van der Waals surface area contributed by atoms with Gasteiger partial charge in [-0.1, -0.05) is 11.6 Å². The Morgan fingerprint density at radius 2 is 2.19 bits per heavy atom. The van der Waals surface area contributed by atoms with Crippen molar-refractivity contribution in [1.29, 1.82) is 0 Å². The van der Waals surface area contributed by atoms with Gasteiger partial charge >= 0.3 is 10.3 Å². The van der Waals surface area contributed by atoms with Gasteiger partial charge < -0.3 is 15.2 Å². The summed E-state index contributed by atoms with van der Waals surface area (Å²) < 4.78 is 33.4. The zero-order chi connectivity index (χ0) is 26.3. The average molecular weight is 586 g/mol. The van der Waals surface area contributed by atoms with E-state index in [-0.39, 0.29) is 24.5 Å². The molecule has 4 N–H and O–H groups in total. The van der Waals surface area contributed by atoms with Crippen molar-refractivity contribution >= 4 is 56.2 Å². The molecule has 2 aliphatic rings. The van der Waals surface area contributed by atoms with Crippen LogP contribution in [0.15, 0.2) is 18.6 Å². The van der Waals surface area contributed by atoms with Crippen molar-refractivity contribution in [3.05, 3.63) is 54.5 Å². The zero-order valence-electron chi connectivity index (χ0n) is 19.6. The van der Waals surface area contributed by atoms with E-state index in [1.807, 2.05) is 13.0 Å². The Kier molecular flexibility index (Phi) is 7.62. The first-order valence-electron chi connectivity index (χ1n) is 11.4. The highest BCUT2D eigenvalue weighted by Crippen LogP contribution is 2.42. The third-order valence-electron chi connectivity index (χ3n) is 6.43. The van der Waals surface area contributed by atoms with Crippen LogP contribution in [0.4, 0.5) is 5.82 Å². The van der Waals surface area contributed by atoms with E-state index in [1.165, 1.54) is 35.2 Å². The number of thiazole rings is 1. The van der Waals surface area contributed by atoms with Crippen molar-refractivity contribution in [2.75, 3.05) is 18.5 Å². The number of nitrogens with two attached hydrogens (primary N) is 1. The van der Waals surface area contributed by atoms with Crippen LogP contribution >= 0.6 is 34.3 Å². The van der Waals surface area contributed by atoms with Crippen LogP contribution < -0.4 is 10.5 Å². The van der Waals surface area contributed by atoms with Gasteiger partial charge in [-0.25, -0.2) is 20.1 Å². The maximum atomic E-state index is 13.5. The van der Waals surface area contributed by atoms with E-state index in [1.54, 1.807) is 0 Å². The molecule has 4 atom stereocenters. The molecular weight excluding hydrogens is 562 g/mol. The standard InChI is InChI=1S/C22H24ClN5O6S3/c1-10-13(19-20-15(2-3-33-19)28-22(23)36-20)6-17(35-10)18(30)14-7-25-9-26-21(14)27-12-4-11(16(29)5-12)8-34-37(24,31)32/h6-7,9,11-12,16,19,29H,2-5,8H2,1H3,(H2,24,31,32)(H,25,26,27)/t11-,12-,16+,19?/m1/s1. The molecule has 0 spiro atoms. The molecule has 0 saturated heterocycles. The molecule has 1 aliphatic heterocycles. The summed E-state index contributed by atoms with van der Waals surface area (Å²) in [5, 5.41) is 18.4. The quantitative estimate of drug-likeness (QED) is 0.334. The largest absolute Gasteiger partial charge is 0.393 e. The van der Waals surface area contributed by atoms with Gasteiger partial charge in [-0.05, 0) is 25.8 Å². The number of hydrogen-bond acceptors (Lipinski definition) is 12. The number of aliphatic hydroxyl groups is 1. The number of aliphatic hydroxyl groups excluding tert-OH is 1. The summed E-state index contributed by atoms with van der Waals surface area (Å²) in [6, 6.07) is 1.59. The molecule has 4 heterocycles. The predicted octanol–water partition coefficient (Wildman–Crippen LogP) is 2.62. The lowest BCUT2D eigenvalue weighted by molar-refractivity contribution is 0.0716. The molecule has 5 rings (SSSR count). The number of aromatic nitrogens is 3. The molecule has 3 aromatic rings. The summed E-state index contributed by atoms with van der Waals surface area (Å²) in [5.74, 6) is -0.336. The topological polar surface area (TPSA) is 167 Å². The van der Waals surface area contributed by atoms with Crippen LogP contribution in [-0.2, 0) is 25.6 Å². The van der Waals surface area contributed by atoms with Crippen molar-refractivity contribution < 1.29 is 27.2 Å². The van der Waals surface area contributed by atoms with Gasteiger partial charge in [-0.3, -0.25) is 8.98 Å². The SMILES string of the molecule is Cc1sc(C(=O)c2cncnc2N[C@@H]2C[C@H](COS(N)(=O)=O)[C@@H](O)C2)cc1C1OCCc2nc(Cl)sc21. The maximum Gasteiger partial charge on any atom is 0.333 e. The maximum absolute atomic E-state index is 13.5. The van der Waals surface area contributed by atoms with E-state index in [0.29, 0.717) is 46.6 Å². The van der Waals surface area contributed by atoms with E-state index in [0.717, 1.165) is 21.0 Å². The highest BCUT2D eigenvalue weighted by molar-refractivity contribution is 7.84. The van der Waals surface area contributed by atoms with Gasteiger partial charge in [0.25, 0.3) is 0 Å². The predicted molar refractivity (Wildman–Crippen MR) is 138 cm³/mol. The molecule has 1 saturated carbocycles. The molecule has 1 fully saturated rings. The van der Waals surface area contributed by atoms with E-state index in [2.05, 4.69) is 24.5 Å². The molecule has 1 unspecified atom stereocenters. The van der Waals surface area contributed by atoms with Crippen LogP contribution in [0, 0.1) is 12.8 Å². The number of aryl methyl sites for hydroxylation is 1. The summed E-state index contributed by atoms with van der Waals surface area (Å²) in [6.07, 6.45) is 3.12. The number of rotatable bonds is 8. The number of anilines is 1. The summed E-state index contributed by atoms with van der Waals surface area (Å²) in [6.45, 7) is 2.25. The van der Waals surface area contributed by atoms with E-state index >= 15 is 0 Å². The Balaban J connectivity index is 1.34. The summed E-state index contributed by atoms with van der Waals surface area (Å²) in [4.78, 5) is 28.7. The van der Waals surface area contributed by atoms with Crippen molar-refractivity contribution in [1.82, 2.24) is 15.0 Å². The van der Waals surface area contributed by atoms with E-state index in [9.17, 15) is 18.3 Å². The number of hydrogen-bond donors (Lipinski definition) is 3. The third kappa shape index (κ3) is 5.86. The first-order chi connectivity index (χ1) is 17.6. The summed E-state index contributed by atoms with van der Waals surface area (Å²) in [7, 11) is -4.10. The third-order valence-corrected chi connectivity index (χ3v) is 9.20. The fourth-order valence-corrected chi connectivity index (χ4v) is 7.31. The number of ether oxygens (including phenoxy) is 1. The zero-order valence-corrected chi connectivity index (χ0v) is 22.8. The normalized spacial score (nSPS) is 23.7. The molecule has 3 aromatic heterocycles. The molecule has 15 heteroatoms. The Labute approximate surface area is 226 Å². The molecule has 0 bridgehead atoms. The van der Waals surface area contributed by atoms with E-state index in [4.69, 9.17) is 21.5 Å². The Bertz CT molecular complexity index is 1430. The molecule has 1 aliphatic carbocycles. The molecule has 0 aromatic carbocycles. The van der Waals surface area contributed by atoms with E-state index < -0.39 is 22.3 Å². The second-order valence-electron chi connectivity index (χ2n) is 8.93. The minimum Gasteiger partial charge on any atom is -0.393 e. The van der Waals surface area contributed by atoms with Crippen molar-refractivity contribution in [2.24, 2.45) is 11.1 Å². The van der Waals surface area contributed by atoms with Gasteiger partial charge in [0.2, 0.25) is 5.78 Å². The number of fused-ring (bicyclic) bond motifs is 1. The molecule has 0 radical (unpaired) electrons. The van der Waals surface area contributed by atoms with Gasteiger partial charge in [0.1, 0.15) is 18.2 Å². The number of carbonyl (C=O) groups is 1. The molecule has 0 amide bonds. The van der Waals surface area contributed by atoms with Gasteiger partial charge in [-0.15, -0.1) is 22.7 Å². The van der Waals surface area contributed by atoms with Crippen LogP contribution in [0.5, 0.6) is 0 Å². The smallest absolute Gasteiger partial charge is 0.333 e. The Morgan fingerprint density at radius 3 is 2.97 bits per heavy atom. The fourth-order valence-electron chi connectivity index (χ4n) is 4.68. The lowest BCUT2D eigenvalue weighted by atomic mass is 10.0. The van der Waals surface area contributed by atoms with Gasteiger partial charge in [0, 0.05) is 35.0 Å². The van der Waals surface area contributed by atoms with Crippen LogP contribution in [0.25, 0.3) is 0 Å². The fraction of sp³-hybridized carbons (Fsp3) is 0.455. The molecular formula is C22H24ClN5O6S3. The summed E-state index contributed by atoms with van der Waals surface area (Å²) >= 11 is 8.90. The van der Waals surface area contributed by atoms with Crippen molar-refractivity contribution in [3.63, 3.8) is 0 Å². The Morgan fingerprint density at radius 1 is 1.38 bits per heavy atom. The average Bonchev–Trinajstić information content (AvgIpc) is 3.52. The molecule has 11 nitrogen and oxygen atoms in total. The number of thiophene rings is 1. The van der Waals surface area contributed by atoms with Gasteiger partial charge in [0.05, 0.1) is 40.3 Å².